The van der Waals surface area contributed by atoms with Crippen LogP contribution in [0.3, 0.4) is 0 Å². The topological polar surface area (TPSA) is 76.5 Å². The van der Waals surface area contributed by atoms with Gasteiger partial charge in [-0.15, -0.1) is 0 Å². The normalized spacial score (nSPS) is 9.31. The summed E-state index contributed by atoms with van der Waals surface area (Å²) in [7, 11) is 1.38. The van der Waals surface area contributed by atoms with Gasteiger partial charge in [0.15, 0.2) is 6.29 Å². The number of aromatic carboxylic acids is 1. The largest absolute Gasteiger partial charge is 0.494 e. The molecular formula is C8H7NO4. The molecule has 0 saturated heterocycles. The lowest BCUT2D eigenvalue weighted by Crippen LogP contribution is -2.02. The lowest BCUT2D eigenvalue weighted by Gasteiger charge is -2.02. The van der Waals surface area contributed by atoms with Gasteiger partial charge in [0.25, 0.3) is 0 Å². The van der Waals surface area contributed by atoms with Crippen molar-refractivity contribution < 1.29 is 19.4 Å². The number of carbonyl (C=O) groups excluding carboxylic acids is 1. The summed E-state index contributed by atoms with van der Waals surface area (Å²) in [5.41, 5.74) is -0.00204. The minimum Gasteiger partial charge on any atom is -0.494 e. The average Bonchev–Trinajstić information content (AvgIpc) is 2.16. The van der Waals surface area contributed by atoms with E-state index in [0.29, 0.717) is 6.29 Å². The molecule has 0 saturated carbocycles. The zero-order valence-corrected chi connectivity index (χ0v) is 6.85. The Balaban J connectivity index is 3.20. The summed E-state index contributed by atoms with van der Waals surface area (Å²) < 4.78 is 4.78. The molecule has 1 N–H and O–H groups in total. The molecule has 0 radical (unpaired) electrons. The molecule has 5 heteroatoms. The first-order valence-corrected chi connectivity index (χ1v) is 3.41. The first-order chi connectivity index (χ1) is 6.19. The summed E-state index contributed by atoms with van der Waals surface area (Å²) >= 11 is 0. The Kier molecular flexibility index (Phi) is 2.59. The molecule has 1 heterocycles. The summed E-state index contributed by atoms with van der Waals surface area (Å²) in [5.74, 6) is -0.911. The number of carbonyl (C=O) groups is 2. The molecule has 68 valence electrons. The molecule has 0 aliphatic heterocycles. The molecule has 0 spiro atoms. The van der Waals surface area contributed by atoms with Crippen LogP contribution in [-0.4, -0.2) is 29.5 Å². The van der Waals surface area contributed by atoms with Crippen molar-refractivity contribution in [2.75, 3.05) is 7.11 Å². The molecule has 0 amide bonds. The first-order valence-electron chi connectivity index (χ1n) is 3.41. The molecule has 0 aliphatic carbocycles. The Labute approximate surface area is 74.0 Å². The van der Waals surface area contributed by atoms with Crippen LogP contribution in [0.15, 0.2) is 12.3 Å². The van der Waals surface area contributed by atoms with Crippen molar-refractivity contribution in [2.24, 2.45) is 0 Å². The number of aromatic nitrogens is 1. The van der Waals surface area contributed by atoms with Gasteiger partial charge in [-0.2, -0.15) is 0 Å². The van der Waals surface area contributed by atoms with Crippen LogP contribution in [-0.2, 0) is 0 Å². The number of aldehydes is 1. The Morgan fingerprint density at radius 2 is 2.38 bits per heavy atom. The zero-order chi connectivity index (χ0) is 9.84. The summed E-state index contributed by atoms with van der Waals surface area (Å²) in [6.45, 7) is 0. The summed E-state index contributed by atoms with van der Waals surface area (Å²) in [4.78, 5) is 24.5. The Bertz CT molecular complexity index is 348. The minimum absolute atomic E-state index is 0.176. The van der Waals surface area contributed by atoms with Gasteiger partial charge in [-0.25, -0.2) is 9.78 Å². The van der Waals surface area contributed by atoms with Crippen LogP contribution in [0, 0.1) is 0 Å². The van der Waals surface area contributed by atoms with E-state index in [-0.39, 0.29) is 17.0 Å². The third kappa shape index (κ3) is 1.81. The fourth-order valence-electron chi connectivity index (χ4n) is 0.838. The number of nitrogens with zero attached hydrogens (tertiary/aromatic N) is 1. The van der Waals surface area contributed by atoms with Crippen molar-refractivity contribution in [1.82, 2.24) is 4.98 Å². The van der Waals surface area contributed by atoms with Crippen molar-refractivity contribution in [2.45, 2.75) is 0 Å². The average molecular weight is 181 g/mol. The van der Waals surface area contributed by atoms with Gasteiger partial charge in [-0.1, -0.05) is 0 Å². The summed E-state index contributed by atoms with van der Waals surface area (Å²) in [6.07, 6.45) is 1.72. The second-order valence-electron chi connectivity index (χ2n) is 2.23. The highest BCUT2D eigenvalue weighted by Crippen LogP contribution is 2.15. The number of ether oxygens (including phenoxy) is 1. The van der Waals surface area contributed by atoms with Crippen LogP contribution < -0.4 is 4.74 Å². The van der Waals surface area contributed by atoms with Gasteiger partial charge >= 0.3 is 5.97 Å². The maximum absolute atomic E-state index is 10.5. The summed E-state index contributed by atoms with van der Waals surface area (Å²) in [5, 5.41) is 8.55. The van der Waals surface area contributed by atoms with Crippen LogP contribution in [0.4, 0.5) is 0 Å². The number of carboxylic acids is 1. The third-order valence-corrected chi connectivity index (χ3v) is 1.46. The van der Waals surface area contributed by atoms with Gasteiger partial charge in [0.2, 0.25) is 0 Å². The number of pyridine rings is 1. The van der Waals surface area contributed by atoms with Crippen LogP contribution in [0.5, 0.6) is 5.75 Å². The molecule has 1 rings (SSSR count). The van der Waals surface area contributed by atoms with E-state index >= 15 is 0 Å². The van der Waals surface area contributed by atoms with Crippen LogP contribution in [0.2, 0.25) is 0 Å². The number of hydrogen-bond acceptors (Lipinski definition) is 4. The van der Waals surface area contributed by atoms with E-state index in [0.717, 1.165) is 6.07 Å². The molecule has 1 aromatic rings. The number of methoxy groups -OCH3 is 1. The second-order valence-corrected chi connectivity index (χ2v) is 2.23. The lowest BCUT2D eigenvalue weighted by atomic mass is 10.2. The predicted octanol–water partition coefficient (Wildman–Crippen LogP) is 0.601. The van der Waals surface area contributed by atoms with Gasteiger partial charge in [-0.3, -0.25) is 4.79 Å². The van der Waals surface area contributed by atoms with E-state index in [1.54, 1.807) is 0 Å². The first kappa shape index (κ1) is 9.18. The van der Waals surface area contributed by atoms with E-state index in [2.05, 4.69) is 4.98 Å². The van der Waals surface area contributed by atoms with E-state index in [4.69, 9.17) is 9.84 Å². The molecule has 0 aromatic carbocycles. The highest BCUT2D eigenvalue weighted by molar-refractivity contribution is 5.89. The quantitative estimate of drug-likeness (QED) is 0.691. The Morgan fingerprint density at radius 1 is 1.69 bits per heavy atom. The second kappa shape index (κ2) is 3.66. The van der Waals surface area contributed by atoms with Gasteiger partial charge in [0.1, 0.15) is 11.4 Å². The minimum atomic E-state index is -1.18. The monoisotopic (exact) mass is 181 g/mol. The maximum Gasteiger partial charge on any atom is 0.354 e. The van der Waals surface area contributed by atoms with E-state index < -0.39 is 5.97 Å². The number of hydrogen-bond donors (Lipinski definition) is 1. The molecule has 5 nitrogen and oxygen atoms in total. The fourth-order valence-corrected chi connectivity index (χ4v) is 0.838. The van der Waals surface area contributed by atoms with Gasteiger partial charge < -0.3 is 9.84 Å². The van der Waals surface area contributed by atoms with Gasteiger partial charge in [0.05, 0.1) is 18.9 Å². The third-order valence-electron chi connectivity index (χ3n) is 1.46. The van der Waals surface area contributed by atoms with Crippen molar-refractivity contribution in [1.29, 1.82) is 0 Å². The van der Waals surface area contributed by atoms with Crippen molar-refractivity contribution >= 4 is 12.3 Å². The molecule has 0 unspecified atom stereocenters. The van der Waals surface area contributed by atoms with Crippen molar-refractivity contribution in [3.8, 4) is 5.75 Å². The van der Waals surface area contributed by atoms with Crippen LogP contribution >= 0.6 is 0 Å². The van der Waals surface area contributed by atoms with Crippen molar-refractivity contribution in [3.63, 3.8) is 0 Å². The van der Waals surface area contributed by atoms with Gasteiger partial charge in [-0.05, 0) is 6.07 Å². The molecule has 0 bridgehead atoms. The molecule has 0 fully saturated rings. The molecular weight excluding hydrogens is 174 g/mol. The maximum atomic E-state index is 10.5. The zero-order valence-electron chi connectivity index (χ0n) is 6.85. The highest BCUT2D eigenvalue weighted by atomic mass is 16.5. The standard InChI is InChI=1S/C8H7NO4/c1-13-7-3-9-6(8(11)12)2-5(7)4-10/h2-4H,1H3,(H,11,12). The molecule has 0 atom stereocenters. The Hall–Kier alpha value is -1.91. The molecule has 1 aromatic heterocycles. The highest BCUT2D eigenvalue weighted by Gasteiger charge is 2.09. The van der Waals surface area contributed by atoms with E-state index in [1.807, 2.05) is 0 Å². The molecule has 0 aliphatic rings. The number of rotatable bonds is 3. The van der Waals surface area contributed by atoms with E-state index in [1.165, 1.54) is 13.3 Å². The Morgan fingerprint density at radius 3 is 2.85 bits per heavy atom. The van der Waals surface area contributed by atoms with Crippen molar-refractivity contribution in [3.05, 3.63) is 23.5 Å². The van der Waals surface area contributed by atoms with E-state index in [9.17, 15) is 9.59 Å². The lowest BCUT2D eigenvalue weighted by molar-refractivity contribution is 0.0690. The predicted molar refractivity (Wildman–Crippen MR) is 43.1 cm³/mol. The number of carboxylic acid groups (broad SMARTS) is 1. The SMILES string of the molecule is COc1cnc(C(=O)O)cc1C=O. The van der Waals surface area contributed by atoms with Gasteiger partial charge in [0, 0.05) is 0 Å². The molecule has 13 heavy (non-hydrogen) atoms. The summed E-state index contributed by atoms with van der Waals surface area (Å²) in [6, 6.07) is 1.16. The fraction of sp³-hybridized carbons (Fsp3) is 0.125. The van der Waals surface area contributed by atoms with Crippen LogP contribution in [0.25, 0.3) is 0 Å². The van der Waals surface area contributed by atoms with Crippen LogP contribution in [0.1, 0.15) is 20.8 Å². The smallest absolute Gasteiger partial charge is 0.354 e.